The van der Waals surface area contributed by atoms with E-state index in [9.17, 15) is 0 Å². The molecule has 0 bridgehead atoms. The lowest BCUT2D eigenvalue weighted by molar-refractivity contribution is 0.561. The lowest BCUT2D eigenvalue weighted by Crippen LogP contribution is -2.16. The van der Waals surface area contributed by atoms with Crippen LogP contribution in [0.4, 0.5) is 0 Å². The minimum absolute atomic E-state index is 0.317. The Balaban J connectivity index is 2.08. The number of hydrogen-bond donors (Lipinski definition) is 1. The summed E-state index contributed by atoms with van der Waals surface area (Å²) in [5.74, 6) is 0. The van der Waals surface area contributed by atoms with Crippen molar-refractivity contribution in [2.24, 2.45) is 0 Å². The number of pyridine rings is 1. The normalized spacial score (nSPS) is 12.3. The molecule has 0 spiro atoms. The third kappa shape index (κ3) is 3.27. The fourth-order valence-electron chi connectivity index (χ4n) is 1.66. The molecule has 0 saturated heterocycles. The smallest absolute Gasteiger partial charge is 0.192 e. The van der Waals surface area contributed by atoms with Crippen molar-refractivity contribution in [1.82, 2.24) is 20.3 Å². The fraction of sp³-hybridized carbons (Fsp3) is 0.308. The van der Waals surface area contributed by atoms with E-state index < -0.39 is 0 Å². The maximum atomic E-state index is 4.48. The van der Waals surface area contributed by atoms with Crippen molar-refractivity contribution in [3.05, 3.63) is 42.5 Å². The molecular formula is C13H16N4S. The number of hydrogen-bond acceptors (Lipinski definition) is 5. The van der Waals surface area contributed by atoms with Gasteiger partial charge in [0.1, 0.15) is 0 Å². The van der Waals surface area contributed by atoms with Crippen LogP contribution in [0.2, 0.25) is 0 Å². The summed E-state index contributed by atoms with van der Waals surface area (Å²) in [5.41, 5.74) is 1.07. The second kappa shape index (κ2) is 6.47. The van der Waals surface area contributed by atoms with E-state index in [4.69, 9.17) is 0 Å². The van der Waals surface area contributed by atoms with Crippen LogP contribution in [0.15, 0.2) is 46.8 Å². The Labute approximate surface area is 111 Å². The molecule has 1 atom stereocenters. The van der Waals surface area contributed by atoms with Gasteiger partial charge >= 0.3 is 0 Å². The Bertz CT molecular complexity index is 468. The van der Waals surface area contributed by atoms with Crippen LogP contribution in [0.5, 0.6) is 0 Å². The van der Waals surface area contributed by atoms with Crippen molar-refractivity contribution in [3.8, 4) is 0 Å². The van der Waals surface area contributed by atoms with Gasteiger partial charge in [0, 0.05) is 29.5 Å². The molecule has 5 heteroatoms. The molecule has 0 aromatic carbocycles. The zero-order valence-electron chi connectivity index (χ0n) is 10.5. The maximum absolute atomic E-state index is 4.48. The summed E-state index contributed by atoms with van der Waals surface area (Å²) in [6, 6.07) is 6.24. The lowest BCUT2D eigenvalue weighted by Gasteiger charge is -2.13. The van der Waals surface area contributed by atoms with Crippen molar-refractivity contribution in [1.29, 1.82) is 0 Å². The first kappa shape index (κ1) is 13.0. The molecule has 0 aliphatic heterocycles. The summed E-state index contributed by atoms with van der Waals surface area (Å²) in [6.45, 7) is 2.14. The van der Waals surface area contributed by atoms with Gasteiger partial charge in [-0.05, 0) is 43.4 Å². The molecule has 1 N–H and O–H groups in total. The van der Waals surface area contributed by atoms with E-state index in [1.807, 2.05) is 19.3 Å². The van der Waals surface area contributed by atoms with E-state index in [1.54, 1.807) is 12.4 Å². The van der Waals surface area contributed by atoms with Crippen molar-refractivity contribution in [3.63, 3.8) is 0 Å². The topological polar surface area (TPSA) is 50.7 Å². The molecule has 2 aromatic rings. The van der Waals surface area contributed by atoms with Crippen LogP contribution in [0.1, 0.15) is 25.1 Å². The predicted octanol–water partition coefficient (Wildman–Crippen LogP) is 2.69. The molecule has 0 aliphatic rings. The molecule has 18 heavy (non-hydrogen) atoms. The summed E-state index contributed by atoms with van der Waals surface area (Å²) in [4.78, 5) is 13.9. The van der Waals surface area contributed by atoms with Crippen molar-refractivity contribution >= 4 is 11.8 Å². The number of aromatic nitrogens is 3. The Hall–Kier alpha value is -1.46. The van der Waals surface area contributed by atoms with Gasteiger partial charge in [-0.15, -0.1) is 0 Å². The molecule has 0 saturated carbocycles. The van der Waals surface area contributed by atoms with Crippen molar-refractivity contribution < 1.29 is 0 Å². The van der Waals surface area contributed by atoms with Crippen LogP contribution in [0, 0.1) is 0 Å². The first-order valence-corrected chi connectivity index (χ1v) is 6.73. The average molecular weight is 260 g/mol. The SMILES string of the molecule is CCC(NC)c1ccc(Sc2ncccn2)cn1. The molecule has 0 fully saturated rings. The molecule has 94 valence electrons. The first-order chi connectivity index (χ1) is 8.83. The van der Waals surface area contributed by atoms with Crippen LogP contribution in [0.25, 0.3) is 0 Å². The van der Waals surface area contributed by atoms with Gasteiger partial charge in [0.2, 0.25) is 0 Å². The molecule has 0 aliphatic carbocycles. The Morgan fingerprint density at radius 1 is 1.22 bits per heavy atom. The summed E-state index contributed by atoms with van der Waals surface area (Å²) in [7, 11) is 1.95. The Morgan fingerprint density at radius 2 is 2.00 bits per heavy atom. The largest absolute Gasteiger partial charge is 0.312 e. The van der Waals surface area contributed by atoms with Crippen LogP contribution in [0.3, 0.4) is 0 Å². The molecule has 1 unspecified atom stereocenters. The highest BCUT2D eigenvalue weighted by molar-refractivity contribution is 7.99. The number of nitrogens with zero attached hydrogens (tertiary/aromatic N) is 3. The van der Waals surface area contributed by atoms with Gasteiger partial charge in [-0.2, -0.15) is 0 Å². The lowest BCUT2D eigenvalue weighted by atomic mass is 10.1. The van der Waals surface area contributed by atoms with Crippen LogP contribution in [-0.2, 0) is 0 Å². The zero-order valence-corrected chi connectivity index (χ0v) is 11.3. The highest BCUT2D eigenvalue weighted by Gasteiger charge is 2.08. The van der Waals surface area contributed by atoms with Gasteiger partial charge in [-0.1, -0.05) is 6.92 Å². The summed E-state index contributed by atoms with van der Waals surface area (Å²) in [5, 5.41) is 3.99. The van der Waals surface area contributed by atoms with E-state index in [1.165, 1.54) is 11.8 Å². The van der Waals surface area contributed by atoms with E-state index in [0.29, 0.717) is 6.04 Å². The Morgan fingerprint density at radius 3 is 2.56 bits per heavy atom. The van der Waals surface area contributed by atoms with Crippen LogP contribution in [-0.4, -0.2) is 22.0 Å². The quantitative estimate of drug-likeness (QED) is 0.838. The molecule has 2 rings (SSSR count). The monoisotopic (exact) mass is 260 g/mol. The van der Waals surface area contributed by atoms with E-state index in [0.717, 1.165) is 22.2 Å². The van der Waals surface area contributed by atoms with Crippen LogP contribution >= 0.6 is 11.8 Å². The second-order valence-corrected chi connectivity index (χ2v) is 4.84. The Kier molecular flexibility index (Phi) is 4.66. The molecule has 2 heterocycles. The maximum Gasteiger partial charge on any atom is 0.192 e. The molecule has 0 radical (unpaired) electrons. The van der Waals surface area contributed by atoms with Crippen LogP contribution < -0.4 is 5.32 Å². The molecular weight excluding hydrogens is 244 g/mol. The predicted molar refractivity (Wildman–Crippen MR) is 72.5 cm³/mol. The third-order valence-corrected chi connectivity index (χ3v) is 3.49. The molecule has 4 nitrogen and oxygen atoms in total. The summed E-state index contributed by atoms with van der Waals surface area (Å²) >= 11 is 1.52. The second-order valence-electron chi connectivity index (χ2n) is 3.80. The first-order valence-electron chi connectivity index (χ1n) is 5.91. The number of rotatable bonds is 5. The molecule has 0 amide bonds. The standard InChI is InChI=1S/C13H16N4S/c1-3-11(14-2)12-6-5-10(9-17-12)18-13-15-7-4-8-16-13/h4-9,11,14H,3H2,1-2H3. The molecule has 2 aromatic heterocycles. The summed E-state index contributed by atoms with van der Waals surface area (Å²) in [6.07, 6.45) is 6.38. The third-order valence-electron chi connectivity index (χ3n) is 2.62. The van der Waals surface area contributed by atoms with E-state index >= 15 is 0 Å². The average Bonchev–Trinajstić information content (AvgIpc) is 2.43. The van der Waals surface area contributed by atoms with Gasteiger partial charge in [-0.3, -0.25) is 4.98 Å². The highest BCUT2D eigenvalue weighted by atomic mass is 32.2. The van der Waals surface area contributed by atoms with Gasteiger partial charge in [0.05, 0.1) is 5.69 Å². The van der Waals surface area contributed by atoms with Gasteiger partial charge in [0.25, 0.3) is 0 Å². The summed E-state index contributed by atoms with van der Waals surface area (Å²) < 4.78 is 0. The van der Waals surface area contributed by atoms with Gasteiger partial charge in [0.15, 0.2) is 5.16 Å². The number of nitrogens with one attached hydrogen (secondary N) is 1. The van der Waals surface area contributed by atoms with E-state index in [-0.39, 0.29) is 0 Å². The highest BCUT2D eigenvalue weighted by Crippen LogP contribution is 2.24. The van der Waals surface area contributed by atoms with Crippen molar-refractivity contribution in [2.45, 2.75) is 29.4 Å². The minimum Gasteiger partial charge on any atom is -0.312 e. The fourth-order valence-corrected chi connectivity index (χ4v) is 2.34. The van der Waals surface area contributed by atoms with Gasteiger partial charge < -0.3 is 5.32 Å². The zero-order chi connectivity index (χ0) is 12.8. The van der Waals surface area contributed by atoms with Crippen molar-refractivity contribution in [2.75, 3.05) is 7.05 Å². The minimum atomic E-state index is 0.317. The van der Waals surface area contributed by atoms with E-state index in [2.05, 4.69) is 39.3 Å². The van der Waals surface area contributed by atoms with Gasteiger partial charge in [-0.25, -0.2) is 9.97 Å².